The second kappa shape index (κ2) is 8.27. The van der Waals surface area contributed by atoms with Gasteiger partial charge in [-0.3, -0.25) is 4.90 Å². The van der Waals surface area contributed by atoms with Crippen molar-refractivity contribution in [3.05, 3.63) is 65.7 Å². The molecule has 2 saturated heterocycles. The Morgan fingerprint density at radius 2 is 1.64 bits per heavy atom. The van der Waals surface area contributed by atoms with E-state index < -0.39 is 11.6 Å². The average Bonchev–Trinajstić information content (AvgIpc) is 2.62. The molecule has 4 rings (SSSR count). The topological polar surface area (TPSA) is 35.6 Å². The van der Waals surface area contributed by atoms with Crippen LogP contribution in [0, 0.1) is 17.6 Å². The van der Waals surface area contributed by atoms with Crippen molar-refractivity contribution < 1.29 is 13.6 Å². The number of carbonyl (C=O) groups is 1. The highest BCUT2D eigenvalue weighted by atomic mass is 19.1. The van der Waals surface area contributed by atoms with E-state index in [4.69, 9.17) is 0 Å². The molecule has 2 fully saturated rings. The lowest BCUT2D eigenvalue weighted by Gasteiger charge is -2.47. The number of urea groups is 1. The van der Waals surface area contributed by atoms with Crippen molar-refractivity contribution in [3.63, 3.8) is 0 Å². The van der Waals surface area contributed by atoms with Gasteiger partial charge in [0.1, 0.15) is 11.6 Å². The molecule has 0 aliphatic carbocycles. The minimum absolute atomic E-state index is 0.146. The fourth-order valence-electron chi connectivity index (χ4n) is 4.15. The van der Waals surface area contributed by atoms with Crippen molar-refractivity contribution in [2.45, 2.75) is 25.3 Å². The maximum atomic E-state index is 13.2. The van der Waals surface area contributed by atoms with Gasteiger partial charge < -0.3 is 10.2 Å². The Morgan fingerprint density at radius 3 is 2.29 bits per heavy atom. The Labute approximate surface area is 164 Å². The van der Waals surface area contributed by atoms with Gasteiger partial charge in [0.05, 0.1) is 0 Å². The summed E-state index contributed by atoms with van der Waals surface area (Å²) in [5, 5.41) is 2.57. The van der Waals surface area contributed by atoms with Crippen LogP contribution in [0.3, 0.4) is 0 Å². The number of rotatable bonds is 4. The van der Waals surface area contributed by atoms with Crippen LogP contribution in [0.2, 0.25) is 0 Å². The van der Waals surface area contributed by atoms with Gasteiger partial charge in [-0.2, -0.15) is 0 Å². The van der Waals surface area contributed by atoms with E-state index in [1.165, 1.54) is 18.4 Å². The van der Waals surface area contributed by atoms with Crippen LogP contribution in [0.4, 0.5) is 19.3 Å². The van der Waals surface area contributed by atoms with Gasteiger partial charge >= 0.3 is 6.03 Å². The van der Waals surface area contributed by atoms with Crippen molar-refractivity contribution in [3.8, 4) is 0 Å². The van der Waals surface area contributed by atoms with Crippen LogP contribution in [-0.2, 0) is 6.42 Å². The van der Waals surface area contributed by atoms with Crippen molar-refractivity contribution in [1.29, 1.82) is 0 Å². The van der Waals surface area contributed by atoms with E-state index in [1.807, 2.05) is 0 Å². The molecule has 6 heteroatoms. The van der Waals surface area contributed by atoms with Crippen LogP contribution in [0.5, 0.6) is 0 Å². The predicted molar refractivity (Wildman–Crippen MR) is 105 cm³/mol. The number of halogens is 2. The van der Waals surface area contributed by atoms with Crippen molar-refractivity contribution in [2.24, 2.45) is 5.92 Å². The Bertz CT molecular complexity index is 796. The zero-order chi connectivity index (χ0) is 19.5. The first-order chi connectivity index (χ1) is 13.6. The number of anilines is 1. The molecular weight excluding hydrogens is 360 g/mol. The van der Waals surface area contributed by atoms with Gasteiger partial charge in [-0.05, 0) is 56.0 Å². The molecule has 28 heavy (non-hydrogen) atoms. The van der Waals surface area contributed by atoms with E-state index in [-0.39, 0.29) is 11.7 Å². The van der Waals surface area contributed by atoms with E-state index >= 15 is 0 Å². The monoisotopic (exact) mass is 385 g/mol. The van der Waals surface area contributed by atoms with Gasteiger partial charge in [0, 0.05) is 30.9 Å². The second-order valence-electron chi connectivity index (χ2n) is 7.82. The number of benzene rings is 2. The summed E-state index contributed by atoms with van der Waals surface area (Å²) in [7, 11) is 0. The molecular formula is C22H25F2N3O. The quantitative estimate of drug-likeness (QED) is 0.859. The Hall–Kier alpha value is -2.47. The highest BCUT2D eigenvalue weighted by Gasteiger charge is 2.36. The number of piperidine rings is 1. The molecule has 0 aromatic heterocycles. The minimum Gasteiger partial charge on any atom is -0.321 e. The summed E-state index contributed by atoms with van der Waals surface area (Å²) < 4.78 is 26.5. The fourth-order valence-corrected chi connectivity index (χ4v) is 4.15. The number of likely N-dealkylation sites (tertiary alicyclic amines) is 2. The van der Waals surface area contributed by atoms with Crippen molar-refractivity contribution in [1.82, 2.24) is 9.80 Å². The summed E-state index contributed by atoms with van der Waals surface area (Å²) in [6.45, 7) is 3.44. The van der Waals surface area contributed by atoms with Gasteiger partial charge in [0.15, 0.2) is 0 Å². The van der Waals surface area contributed by atoms with E-state index in [2.05, 4.69) is 40.5 Å². The van der Waals surface area contributed by atoms with Gasteiger partial charge in [0.25, 0.3) is 0 Å². The summed E-state index contributed by atoms with van der Waals surface area (Å²) in [5.41, 5.74) is 1.55. The third-order valence-electron chi connectivity index (χ3n) is 5.80. The average molecular weight is 385 g/mol. The van der Waals surface area contributed by atoms with Gasteiger partial charge in [-0.25, -0.2) is 13.6 Å². The molecule has 1 N–H and O–H groups in total. The Morgan fingerprint density at radius 1 is 1.00 bits per heavy atom. The molecule has 2 aromatic carbocycles. The maximum Gasteiger partial charge on any atom is 0.321 e. The Balaban J connectivity index is 1.21. The highest BCUT2D eigenvalue weighted by Crippen LogP contribution is 2.26. The third kappa shape index (κ3) is 4.50. The van der Waals surface area contributed by atoms with Crippen LogP contribution in [0.15, 0.2) is 48.5 Å². The standard InChI is InChI=1S/C22H25F2N3O/c23-18-11-19(24)13-20(12-18)25-22(28)27-14-21(15-27)26-8-6-17(7-9-26)10-16-4-2-1-3-5-16/h1-5,11-13,17,21H,6-10,14-15H2,(H,25,28). The number of carbonyl (C=O) groups excluding carboxylic acids is 1. The van der Waals surface area contributed by atoms with Crippen LogP contribution >= 0.6 is 0 Å². The fraction of sp³-hybridized carbons (Fsp3) is 0.409. The second-order valence-corrected chi connectivity index (χ2v) is 7.82. The summed E-state index contributed by atoms with van der Waals surface area (Å²) in [4.78, 5) is 16.4. The number of amides is 2. The summed E-state index contributed by atoms with van der Waals surface area (Å²) in [6.07, 6.45) is 3.50. The molecule has 4 nitrogen and oxygen atoms in total. The maximum absolute atomic E-state index is 13.2. The lowest BCUT2D eigenvalue weighted by molar-refractivity contribution is 0.0383. The first-order valence-electron chi connectivity index (χ1n) is 9.87. The molecule has 148 valence electrons. The molecule has 2 aromatic rings. The van der Waals surface area contributed by atoms with E-state index in [1.54, 1.807) is 4.90 Å². The molecule has 0 spiro atoms. The first kappa shape index (κ1) is 18.9. The van der Waals surface area contributed by atoms with Crippen molar-refractivity contribution >= 4 is 11.7 Å². The summed E-state index contributed by atoms with van der Waals surface area (Å²) >= 11 is 0. The summed E-state index contributed by atoms with van der Waals surface area (Å²) in [6, 6.07) is 13.7. The summed E-state index contributed by atoms with van der Waals surface area (Å²) in [5.74, 6) is -0.675. The molecule has 2 aliphatic heterocycles. The van der Waals surface area contributed by atoms with Crippen LogP contribution in [-0.4, -0.2) is 48.1 Å². The number of hydrogen-bond donors (Lipinski definition) is 1. The van der Waals surface area contributed by atoms with Crippen LogP contribution < -0.4 is 5.32 Å². The predicted octanol–water partition coefficient (Wildman–Crippen LogP) is 4.14. The minimum atomic E-state index is -0.699. The molecule has 2 aliphatic rings. The molecule has 0 radical (unpaired) electrons. The van der Waals surface area contributed by atoms with E-state index in [0.29, 0.717) is 19.1 Å². The zero-order valence-corrected chi connectivity index (χ0v) is 15.8. The largest absolute Gasteiger partial charge is 0.321 e. The molecule has 2 heterocycles. The molecule has 0 bridgehead atoms. The molecule has 0 saturated carbocycles. The van der Waals surface area contributed by atoms with Crippen LogP contribution in [0.1, 0.15) is 18.4 Å². The number of nitrogens with one attached hydrogen (secondary N) is 1. The zero-order valence-electron chi connectivity index (χ0n) is 15.8. The number of hydrogen-bond acceptors (Lipinski definition) is 2. The smallest absolute Gasteiger partial charge is 0.321 e. The first-order valence-corrected chi connectivity index (χ1v) is 9.87. The molecule has 0 atom stereocenters. The SMILES string of the molecule is O=C(Nc1cc(F)cc(F)c1)N1CC(N2CCC(Cc3ccccc3)CC2)C1. The molecule has 2 amide bonds. The van der Waals surface area contributed by atoms with Gasteiger partial charge in [-0.15, -0.1) is 0 Å². The van der Waals surface area contributed by atoms with E-state index in [9.17, 15) is 13.6 Å². The third-order valence-corrected chi connectivity index (χ3v) is 5.80. The number of nitrogens with zero attached hydrogens (tertiary/aromatic N) is 2. The normalized spacial score (nSPS) is 18.7. The van der Waals surface area contributed by atoms with E-state index in [0.717, 1.165) is 43.6 Å². The molecule has 0 unspecified atom stereocenters. The lowest BCUT2D eigenvalue weighted by atomic mass is 9.89. The van der Waals surface area contributed by atoms with Gasteiger partial charge in [-0.1, -0.05) is 30.3 Å². The van der Waals surface area contributed by atoms with Crippen molar-refractivity contribution in [2.75, 3.05) is 31.5 Å². The lowest BCUT2D eigenvalue weighted by Crippen LogP contribution is -2.63. The van der Waals surface area contributed by atoms with Crippen LogP contribution in [0.25, 0.3) is 0 Å². The highest BCUT2D eigenvalue weighted by molar-refractivity contribution is 5.89. The van der Waals surface area contributed by atoms with Gasteiger partial charge in [0.2, 0.25) is 0 Å². The Kier molecular flexibility index (Phi) is 5.57.